The van der Waals surface area contributed by atoms with Gasteiger partial charge in [-0.2, -0.15) is 5.10 Å². The molecule has 0 radical (unpaired) electrons. The van der Waals surface area contributed by atoms with E-state index in [1.165, 1.54) is 24.8 Å². The molecule has 4 rings (SSSR count). The molecule has 5 nitrogen and oxygen atoms in total. The van der Waals surface area contributed by atoms with Gasteiger partial charge < -0.3 is 10.2 Å². The van der Waals surface area contributed by atoms with Gasteiger partial charge in [-0.05, 0) is 25.3 Å². The number of rotatable bonds is 3. The third kappa shape index (κ3) is 2.62. The van der Waals surface area contributed by atoms with Gasteiger partial charge in [-0.1, -0.05) is 43.2 Å². The first-order chi connectivity index (χ1) is 12.1. The minimum absolute atomic E-state index is 0.0401. The first-order valence-corrected chi connectivity index (χ1v) is 9.23. The number of hydrogen-bond donors (Lipinski definition) is 1. The maximum atomic E-state index is 13.0. The number of fused-ring (bicyclic) bond motifs is 1. The van der Waals surface area contributed by atoms with Crippen LogP contribution in [0.3, 0.4) is 0 Å². The number of hydrogen-bond acceptors (Lipinski definition) is 2. The van der Waals surface area contributed by atoms with Crippen LogP contribution in [-0.2, 0) is 12.6 Å². The fourth-order valence-electron chi connectivity index (χ4n) is 4.63. The zero-order valence-electron chi connectivity index (χ0n) is 15.0. The Bertz CT molecular complexity index is 756. The van der Waals surface area contributed by atoms with Crippen LogP contribution in [0.4, 0.5) is 4.79 Å². The molecule has 5 heteroatoms. The summed E-state index contributed by atoms with van der Waals surface area (Å²) < 4.78 is 1.77. The Labute approximate surface area is 149 Å². The van der Waals surface area contributed by atoms with E-state index in [0.717, 1.165) is 18.5 Å². The molecule has 2 fully saturated rings. The van der Waals surface area contributed by atoms with Gasteiger partial charge in [0.1, 0.15) is 0 Å². The molecule has 1 saturated carbocycles. The second kappa shape index (κ2) is 6.21. The molecule has 1 aliphatic carbocycles. The number of nitrogens with one attached hydrogen (secondary N) is 1. The molecule has 2 heterocycles. The third-order valence-corrected chi connectivity index (χ3v) is 6.00. The molecule has 0 unspecified atom stereocenters. The van der Waals surface area contributed by atoms with Crippen molar-refractivity contribution in [2.75, 3.05) is 6.54 Å². The lowest BCUT2D eigenvalue weighted by molar-refractivity contribution is -0.0798. The summed E-state index contributed by atoms with van der Waals surface area (Å²) in [5.74, 6) is 0.586. The predicted octanol–water partition coefficient (Wildman–Crippen LogP) is 3.59. The number of carbonyl (C=O) groups excluding carboxylic acids is 1. The summed E-state index contributed by atoms with van der Waals surface area (Å²) in [5.41, 5.74) is 2.21. The van der Waals surface area contributed by atoms with Gasteiger partial charge in [0, 0.05) is 31.3 Å². The average Bonchev–Trinajstić information content (AvgIpc) is 3.03. The number of benzene rings is 1. The second-order valence-electron chi connectivity index (χ2n) is 7.46. The second-order valence-corrected chi connectivity index (χ2v) is 7.46. The SMILES string of the molecule is C[C@H](NC(=O)N1C[C@@H]2CCCC[C@@]21c1ccccc1)c1cnn(C)c1. The number of aryl methyl sites for hydroxylation is 1. The van der Waals surface area contributed by atoms with Crippen molar-refractivity contribution in [3.63, 3.8) is 0 Å². The highest BCUT2D eigenvalue weighted by Gasteiger charge is 2.57. The van der Waals surface area contributed by atoms with E-state index >= 15 is 0 Å². The summed E-state index contributed by atoms with van der Waals surface area (Å²) in [4.78, 5) is 15.1. The van der Waals surface area contributed by atoms with Gasteiger partial charge in [0.05, 0.1) is 17.8 Å². The molecular weight excluding hydrogens is 312 g/mol. The molecule has 1 N–H and O–H groups in total. The first kappa shape index (κ1) is 16.2. The van der Waals surface area contributed by atoms with E-state index in [1.54, 1.807) is 4.68 Å². The van der Waals surface area contributed by atoms with Crippen LogP contribution in [0.1, 0.15) is 49.8 Å². The maximum absolute atomic E-state index is 13.0. The zero-order chi connectivity index (χ0) is 17.4. The molecule has 2 aromatic rings. The van der Waals surface area contributed by atoms with Crippen molar-refractivity contribution in [1.29, 1.82) is 0 Å². The number of urea groups is 1. The topological polar surface area (TPSA) is 50.2 Å². The molecule has 2 aliphatic rings. The normalized spacial score (nSPS) is 26.5. The highest BCUT2D eigenvalue weighted by Crippen LogP contribution is 2.53. The van der Waals surface area contributed by atoms with Crippen LogP contribution in [0.25, 0.3) is 0 Å². The van der Waals surface area contributed by atoms with Crippen LogP contribution in [0.15, 0.2) is 42.7 Å². The number of nitrogens with zero attached hydrogens (tertiary/aromatic N) is 3. The summed E-state index contributed by atoms with van der Waals surface area (Å²) >= 11 is 0. The highest BCUT2D eigenvalue weighted by molar-refractivity contribution is 5.77. The lowest BCUT2D eigenvalue weighted by atomic mass is 9.62. The van der Waals surface area contributed by atoms with Crippen molar-refractivity contribution in [3.05, 3.63) is 53.9 Å². The summed E-state index contributed by atoms with van der Waals surface area (Å²) in [6.07, 6.45) is 8.52. The number of aromatic nitrogens is 2. The summed E-state index contributed by atoms with van der Waals surface area (Å²) in [6.45, 7) is 2.88. The standard InChI is InChI=1S/C20H26N4O/c1-15(16-12-21-23(2)13-16)22-19(25)24-14-18-10-6-7-11-20(18,24)17-8-4-3-5-9-17/h3-5,8-9,12-13,15,18H,6-7,10-11,14H2,1-2H3,(H,22,25)/t15-,18-,20+/m0/s1. The van der Waals surface area contributed by atoms with Crippen molar-refractivity contribution in [1.82, 2.24) is 20.0 Å². The Kier molecular flexibility index (Phi) is 4.02. The average molecular weight is 338 g/mol. The molecule has 1 aromatic carbocycles. The molecule has 0 spiro atoms. The van der Waals surface area contributed by atoms with Crippen LogP contribution in [0, 0.1) is 5.92 Å². The van der Waals surface area contributed by atoms with Crippen LogP contribution in [0.2, 0.25) is 0 Å². The van der Waals surface area contributed by atoms with Gasteiger partial charge in [0.15, 0.2) is 0 Å². The highest BCUT2D eigenvalue weighted by atomic mass is 16.2. The molecule has 132 valence electrons. The number of amides is 2. The number of carbonyl (C=O) groups is 1. The molecule has 2 amide bonds. The van der Waals surface area contributed by atoms with E-state index in [1.807, 2.05) is 32.4 Å². The third-order valence-electron chi connectivity index (χ3n) is 6.00. The Morgan fingerprint density at radius 1 is 1.32 bits per heavy atom. The predicted molar refractivity (Wildman–Crippen MR) is 96.9 cm³/mol. The van der Waals surface area contributed by atoms with Gasteiger partial charge >= 0.3 is 6.03 Å². The van der Waals surface area contributed by atoms with Gasteiger partial charge in [-0.3, -0.25) is 4.68 Å². The van der Waals surface area contributed by atoms with E-state index in [9.17, 15) is 4.79 Å². The monoisotopic (exact) mass is 338 g/mol. The molecular formula is C20H26N4O. The fraction of sp³-hybridized carbons (Fsp3) is 0.500. The van der Waals surface area contributed by atoms with Crippen LogP contribution >= 0.6 is 0 Å². The van der Waals surface area contributed by atoms with Gasteiger partial charge in [-0.15, -0.1) is 0 Å². The van der Waals surface area contributed by atoms with Crippen molar-refractivity contribution in [2.24, 2.45) is 13.0 Å². The van der Waals surface area contributed by atoms with Crippen molar-refractivity contribution in [2.45, 2.75) is 44.2 Å². The smallest absolute Gasteiger partial charge is 0.318 e. The summed E-state index contributed by atoms with van der Waals surface area (Å²) in [6, 6.07) is 10.6. The lowest BCUT2D eigenvalue weighted by Crippen LogP contribution is -2.69. The fourth-order valence-corrected chi connectivity index (χ4v) is 4.63. The van der Waals surface area contributed by atoms with Crippen molar-refractivity contribution in [3.8, 4) is 0 Å². The van der Waals surface area contributed by atoms with Gasteiger partial charge in [0.25, 0.3) is 0 Å². The van der Waals surface area contributed by atoms with Crippen LogP contribution in [-0.4, -0.2) is 27.3 Å². The molecule has 3 atom stereocenters. The Hall–Kier alpha value is -2.30. The Morgan fingerprint density at radius 3 is 2.80 bits per heavy atom. The minimum atomic E-state index is -0.113. The Balaban J connectivity index is 1.56. The zero-order valence-corrected chi connectivity index (χ0v) is 15.0. The molecule has 25 heavy (non-hydrogen) atoms. The molecule has 1 aliphatic heterocycles. The number of likely N-dealkylation sites (tertiary alicyclic amines) is 1. The van der Waals surface area contributed by atoms with E-state index in [-0.39, 0.29) is 17.6 Å². The van der Waals surface area contributed by atoms with Gasteiger partial charge in [-0.25, -0.2) is 4.79 Å². The summed E-state index contributed by atoms with van der Waals surface area (Å²) in [5, 5.41) is 7.38. The van der Waals surface area contributed by atoms with Gasteiger partial charge in [0.2, 0.25) is 0 Å². The lowest BCUT2D eigenvalue weighted by Gasteiger charge is -2.61. The van der Waals surface area contributed by atoms with Crippen molar-refractivity contribution >= 4 is 6.03 Å². The minimum Gasteiger partial charge on any atom is -0.331 e. The maximum Gasteiger partial charge on any atom is 0.318 e. The molecule has 1 saturated heterocycles. The van der Waals surface area contributed by atoms with E-state index in [0.29, 0.717) is 5.92 Å². The quantitative estimate of drug-likeness (QED) is 0.930. The van der Waals surface area contributed by atoms with Crippen LogP contribution < -0.4 is 5.32 Å². The van der Waals surface area contributed by atoms with E-state index in [4.69, 9.17) is 0 Å². The van der Waals surface area contributed by atoms with Crippen molar-refractivity contribution < 1.29 is 4.79 Å². The van der Waals surface area contributed by atoms with Crippen LogP contribution in [0.5, 0.6) is 0 Å². The Morgan fingerprint density at radius 2 is 2.12 bits per heavy atom. The van der Waals surface area contributed by atoms with E-state index < -0.39 is 0 Å². The first-order valence-electron chi connectivity index (χ1n) is 9.23. The molecule has 1 aromatic heterocycles. The molecule has 0 bridgehead atoms. The van der Waals surface area contributed by atoms with E-state index in [2.05, 4.69) is 39.6 Å². The largest absolute Gasteiger partial charge is 0.331 e. The summed E-state index contributed by atoms with van der Waals surface area (Å²) in [7, 11) is 1.89.